The largest absolute Gasteiger partial charge is 0.478 e. The van der Waals surface area contributed by atoms with E-state index >= 15 is 0 Å². The first-order valence-corrected chi connectivity index (χ1v) is 6.64. The first-order valence-electron chi connectivity index (χ1n) is 5.32. The van der Waals surface area contributed by atoms with Crippen LogP contribution in [-0.2, 0) is 16.6 Å². The smallest absolute Gasteiger partial charge is 0.338 e. The molecular formula is C13H12O4S. The van der Waals surface area contributed by atoms with Gasteiger partial charge >= 0.3 is 5.97 Å². The lowest BCUT2D eigenvalue weighted by Gasteiger charge is -2.01. The Morgan fingerprint density at radius 1 is 1.39 bits per heavy atom. The summed E-state index contributed by atoms with van der Waals surface area (Å²) < 4.78 is 17.1. The number of aromatic carboxylic acids is 1. The van der Waals surface area contributed by atoms with Crippen LogP contribution >= 0.6 is 0 Å². The van der Waals surface area contributed by atoms with Gasteiger partial charge in [-0.3, -0.25) is 4.21 Å². The van der Waals surface area contributed by atoms with E-state index in [4.69, 9.17) is 9.52 Å². The van der Waals surface area contributed by atoms with E-state index in [1.54, 1.807) is 6.07 Å². The van der Waals surface area contributed by atoms with Crippen LogP contribution in [0, 0.1) is 6.92 Å². The fourth-order valence-electron chi connectivity index (χ4n) is 1.54. The number of benzene rings is 1. The highest BCUT2D eigenvalue weighted by molar-refractivity contribution is 7.84. The van der Waals surface area contributed by atoms with Crippen LogP contribution in [-0.4, -0.2) is 15.3 Å². The fourth-order valence-corrected chi connectivity index (χ4v) is 2.66. The molecule has 0 spiro atoms. The summed E-state index contributed by atoms with van der Waals surface area (Å²) in [4.78, 5) is 11.4. The van der Waals surface area contributed by atoms with Crippen molar-refractivity contribution in [3.05, 3.63) is 53.5 Å². The Hall–Kier alpha value is -1.88. The Bertz CT molecular complexity index is 601. The second-order valence-corrected chi connectivity index (χ2v) is 5.36. The topological polar surface area (TPSA) is 67.5 Å². The predicted octanol–water partition coefficient (Wildman–Crippen LogP) is 2.59. The van der Waals surface area contributed by atoms with E-state index in [1.807, 2.05) is 25.1 Å². The molecule has 0 aliphatic heterocycles. The normalized spacial score (nSPS) is 12.3. The van der Waals surface area contributed by atoms with Gasteiger partial charge in [-0.2, -0.15) is 0 Å². The van der Waals surface area contributed by atoms with Gasteiger partial charge in [0.15, 0.2) is 0 Å². The van der Waals surface area contributed by atoms with Gasteiger partial charge in [-0.05, 0) is 30.7 Å². The zero-order valence-electron chi connectivity index (χ0n) is 9.75. The van der Waals surface area contributed by atoms with Crippen molar-refractivity contribution in [3.8, 4) is 0 Å². The Labute approximate surface area is 107 Å². The van der Waals surface area contributed by atoms with Gasteiger partial charge in [0.2, 0.25) is 0 Å². The van der Waals surface area contributed by atoms with Crippen molar-refractivity contribution in [1.29, 1.82) is 0 Å². The third kappa shape index (κ3) is 2.87. The molecule has 94 valence electrons. The summed E-state index contributed by atoms with van der Waals surface area (Å²) >= 11 is 0. The molecule has 0 saturated heterocycles. The van der Waals surface area contributed by atoms with E-state index in [9.17, 15) is 9.00 Å². The highest BCUT2D eigenvalue weighted by atomic mass is 32.2. The Morgan fingerprint density at radius 2 is 2.17 bits per heavy atom. The standard InChI is InChI=1S/C13H12O4S/c1-9-3-2-4-12(5-9)18(16)8-11-6-10(7-17-11)13(14)15/h2-7H,8H2,1H3,(H,14,15). The number of hydrogen-bond acceptors (Lipinski definition) is 3. The lowest BCUT2D eigenvalue weighted by atomic mass is 10.2. The van der Waals surface area contributed by atoms with Crippen molar-refractivity contribution in [2.45, 2.75) is 17.6 Å². The zero-order chi connectivity index (χ0) is 13.1. The quantitative estimate of drug-likeness (QED) is 0.921. The van der Waals surface area contributed by atoms with Crippen molar-refractivity contribution in [2.75, 3.05) is 0 Å². The molecule has 0 saturated carbocycles. The maximum absolute atomic E-state index is 12.0. The van der Waals surface area contributed by atoms with Gasteiger partial charge < -0.3 is 9.52 Å². The van der Waals surface area contributed by atoms with E-state index in [0.717, 1.165) is 11.8 Å². The van der Waals surface area contributed by atoms with E-state index in [1.165, 1.54) is 6.07 Å². The number of furan rings is 1. The third-order valence-electron chi connectivity index (χ3n) is 2.43. The van der Waals surface area contributed by atoms with Crippen molar-refractivity contribution < 1.29 is 18.5 Å². The van der Waals surface area contributed by atoms with Gasteiger partial charge in [-0.25, -0.2) is 4.79 Å². The number of carbonyl (C=O) groups is 1. The molecule has 1 N–H and O–H groups in total. The average Bonchev–Trinajstić information content (AvgIpc) is 2.77. The predicted molar refractivity (Wildman–Crippen MR) is 67.0 cm³/mol. The van der Waals surface area contributed by atoms with Gasteiger partial charge in [0.05, 0.1) is 22.1 Å². The summed E-state index contributed by atoms with van der Waals surface area (Å²) in [6, 6.07) is 8.79. The van der Waals surface area contributed by atoms with E-state index < -0.39 is 16.8 Å². The lowest BCUT2D eigenvalue weighted by Crippen LogP contribution is -1.96. The molecule has 4 nitrogen and oxygen atoms in total. The molecule has 0 fully saturated rings. The summed E-state index contributed by atoms with van der Waals surface area (Å²) in [5.41, 5.74) is 1.11. The summed E-state index contributed by atoms with van der Waals surface area (Å²) in [7, 11) is -1.23. The monoisotopic (exact) mass is 264 g/mol. The van der Waals surface area contributed by atoms with Crippen molar-refractivity contribution in [3.63, 3.8) is 0 Å². The number of carboxylic acid groups (broad SMARTS) is 1. The Kier molecular flexibility index (Phi) is 3.62. The number of hydrogen-bond donors (Lipinski definition) is 1. The highest BCUT2D eigenvalue weighted by Crippen LogP contribution is 2.16. The minimum absolute atomic E-state index is 0.0752. The molecule has 1 heterocycles. The molecule has 1 aromatic heterocycles. The van der Waals surface area contributed by atoms with Crippen LogP contribution in [0.2, 0.25) is 0 Å². The Balaban J connectivity index is 2.13. The molecular weight excluding hydrogens is 252 g/mol. The Morgan fingerprint density at radius 3 is 2.78 bits per heavy atom. The van der Waals surface area contributed by atoms with Gasteiger partial charge in [0, 0.05) is 4.90 Å². The second-order valence-electron chi connectivity index (χ2n) is 3.91. The molecule has 0 aliphatic rings. The van der Waals surface area contributed by atoms with Gasteiger partial charge in [-0.15, -0.1) is 0 Å². The summed E-state index contributed by atoms with van der Waals surface area (Å²) in [6.07, 6.45) is 1.16. The van der Waals surface area contributed by atoms with Crippen LogP contribution in [0.5, 0.6) is 0 Å². The van der Waals surface area contributed by atoms with Gasteiger partial charge in [0.25, 0.3) is 0 Å². The lowest BCUT2D eigenvalue weighted by molar-refractivity contribution is 0.0696. The fraction of sp³-hybridized carbons (Fsp3) is 0.154. The van der Waals surface area contributed by atoms with Crippen LogP contribution < -0.4 is 0 Å². The van der Waals surface area contributed by atoms with E-state index in [0.29, 0.717) is 10.7 Å². The van der Waals surface area contributed by atoms with Crippen LogP contribution in [0.1, 0.15) is 21.7 Å². The molecule has 0 bridgehead atoms. The van der Waals surface area contributed by atoms with Crippen molar-refractivity contribution in [1.82, 2.24) is 0 Å². The van der Waals surface area contributed by atoms with Gasteiger partial charge in [0.1, 0.15) is 12.0 Å². The molecule has 0 aliphatic carbocycles. The van der Waals surface area contributed by atoms with Crippen LogP contribution in [0.25, 0.3) is 0 Å². The molecule has 1 atom stereocenters. The first kappa shape index (κ1) is 12.6. The molecule has 0 radical (unpaired) electrons. The average molecular weight is 264 g/mol. The molecule has 2 rings (SSSR count). The molecule has 1 aromatic carbocycles. The van der Waals surface area contributed by atoms with Crippen LogP contribution in [0.15, 0.2) is 45.9 Å². The zero-order valence-corrected chi connectivity index (χ0v) is 10.6. The second kappa shape index (κ2) is 5.18. The molecule has 0 amide bonds. The molecule has 18 heavy (non-hydrogen) atoms. The van der Waals surface area contributed by atoms with Crippen LogP contribution in [0.4, 0.5) is 0 Å². The molecule has 2 aromatic rings. The first-order chi connectivity index (χ1) is 8.56. The maximum atomic E-state index is 12.0. The van der Waals surface area contributed by atoms with E-state index in [2.05, 4.69) is 0 Å². The number of carboxylic acids is 1. The SMILES string of the molecule is Cc1cccc(S(=O)Cc2cc(C(=O)O)co2)c1. The van der Waals surface area contributed by atoms with Gasteiger partial charge in [-0.1, -0.05) is 12.1 Å². The summed E-state index contributed by atoms with van der Waals surface area (Å²) in [5, 5.41) is 8.75. The summed E-state index contributed by atoms with van der Waals surface area (Å²) in [6.45, 7) is 1.93. The van der Waals surface area contributed by atoms with Crippen molar-refractivity contribution >= 4 is 16.8 Å². The van der Waals surface area contributed by atoms with E-state index in [-0.39, 0.29) is 11.3 Å². The molecule has 1 unspecified atom stereocenters. The minimum atomic E-state index is -1.23. The minimum Gasteiger partial charge on any atom is -0.478 e. The molecule has 5 heteroatoms. The van der Waals surface area contributed by atoms with Crippen LogP contribution in [0.3, 0.4) is 0 Å². The van der Waals surface area contributed by atoms with Crippen molar-refractivity contribution in [2.24, 2.45) is 0 Å². The maximum Gasteiger partial charge on any atom is 0.338 e. The summed E-state index contributed by atoms with van der Waals surface area (Å²) in [5.74, 6) is -0.463. The third-order valence-corrected chi connectivity index (χ3v) is 3.75. The highest BCUT2D eigenvalue weighted by Gasteiger charge is 2.12. The number of rotatable bonds is 4. The number of aryl methyl sites for hydroxylation is 1.